The van der Waals surface area contributed by atoms with Crippen LogP contribution in [0, 0.1) is 13.8 Å². The molecule has 0 unspecified atom stereocenters. The van der Waals surface area contributed by atoms with Gasteiger partial charge in [0, 0.05) is 12.8 Å². The molecule has 0 radical (unpaired) electrons. The van der Waals surface area contributed by atoms with Crippen LogP contribution in [0.25, 0.3) is 0 Å². The number of anilines is 1. The summed E-state index contributed by atoms with van der Waals surface area (Å²) >= 11 is 0. The van der Waals surface area contributed by atoms with Crippen LogP contribution < -0.4 is 10.1 Å². The molecule has 0 aliphatic rings. The lowest BCUT2D eigenvalue weighted by atomic mass is 10.1. The molecule has 0 heterocycles. The van der Waals surface area contributed by atoms with E-state index in [9.17, 15) is 4.79 Å². The van der Waals surface area contributed by atoms with Crippen LogP contribution in [0.1, 0.15) is 23.1 Å². The zero-order valence-electron chi connectivity index (χ0n) is 15.7. The van der Waals surface area contributed by atoms with Gasteiger partial charge in [-0.25, -0.2) is 0 Å². The van der Waals surface area contributed by atoms with E-state index >= 15 is 0 Å². The third-order valence-electron chi connectivity index (χ3n) is 3.87. The predicted molar refractivity (Wildman–Crippen MR) is 103 cm³/mol. The van der Waals surface area contributed by atoms with Gasteiger partial charge in [-0.05, 0) is 43.2 Å². The molecule has 0 saturated heterocycles. The van der Waals surface area contributed by atoms with E-state index in [0.29, 0.717) is 32.8 Å². The van der Waals surface area contributed by atoms with Crippen molar-refractivity contribution in [2.75, 3.05) is 32.2 Å². The lowest BCUT2D eigenvalue weighted by Crippen LogP contribution is -2.15. The summed E-state index contributed by atoms with van der Waals surface area (Å²) in [7, 11) is 1.62. The molecule has 2 aromatic rings. The Morgan fingerprint density at radius 2 is 1.88 bits per heavy atom. The molecule has 140 valence electrons. The third kappa shape index (κ3) is 6.86. The molecule has 1 N–H and O–H groups in total. The van der Waals surface area contributed by atoms with E-state index in [1.807, 2.05) is 37.3 Å². The zero-order chi connectivity index (χ0) is 18.8. The molecule has 26 heavy (non-hydrogen) atoms. The SMILES string of the molecule is COCCOCCC(=O)Nc1ccc(OCc2cccc(C)c2)cc1C. The van der Waals surface area contributed by atoms with Gasteiger partial charge in [-0.1, -0.05) is 29.8 Å². The van der Waals surface area contributed by atoms with Gasteiger partial charge in [-0.15, -0.1) is 0 Å². The van der Waals surface area contributed by atoms with Gasteiger partial charge in [0.2, 0.25) is 5.91 Å². The molecule has 0 aliphatic carbocycles. The fraction of sp³-hybridized carbons (Fsp3) is 0.381. The van der Waals surface area contributed by atoms with Crippen molar-refractivity contribution < 1.29 is 19.0 Å². The maximum absolute atomic E-state index is 12.0. The second-order valence-electron chi connectivity index (χ2n) is 6.16. The average Bonchev–Trinajstić information content (AvgIpc) is 2.62. The highest BCUT2D eigenvalue weighted by Crippen LogP contribution is 2.22. The Morgan fingerprint density at radius 3 is 2.62 bits per heavy atom. The first-order valence-electron chi connectivity index (χ1n) is 8.74. The highest BCUT2D eigenvalue weighted by atomic mass is 16.5. The molecule has 0 bridgehead atoms. The van der Waals surface area contributed by atoms with Gasteiger partial charge >= 0.3 is 0 Å². The summed E-state index contributed by atoms with van der Waals surface area (Å²) in [6.07, 6.45) is 0.314. The van der Waals surface area contributed by atoms with Crippen molar-refractivity contribution in [2.24, 2.45) is 0 Å². The van der Waals surface area contributed by atoms with Gasteiger partial charge < -0.3 is 19.5 Å². The summed E-state index contributed by atoms with van der Waals surface area (Å²) in [5.41, 5.74) is 4.09. The van der Waals surface area contributed by atoms with Crippen LogP contribution in [-0.4, -0.2) is 32.8 Å². The van der Waals surface area contributed by atoms with Gasteiger partial charge in [-0.3, -0.25) is 4.79 Å². The van der Waals surface area contributed by atoms with Crippen molar-refractivity contribution in [2.45, 2.75) is 26.9 Å². The van der Waals surface area contributed by atoms with Crippen molar-refractivity contribution in [3.8, 4) is 5.75 Å². The number of ether oxygens (including phenoxy) is 3. The summed E-state index contributed by atoms with van der Waals surface area (Å²) in [5.74, 6) is 0.712. The molecular weight excluding hydrogens is 330 g/mol. The number of methoxy groups -OCH3 is 1. The van der Waals surface area contributed by atoms with Crippen LogP contribution in [0.3, 0.4) is 0 Å². The van der Waals surface area contributed by atoms with Gasteiger partial charge in [0.1, 0.15) is 12.4 Å². The van der Waals surface area contributed by atoms with Gasteiger partial charge in [0.25, 0.3) is 0 Å². The van der Waals surface area contributed by atoms with E-state index < -0.39 is 0 Å². The monoisotopic (exact) mass is 357 g/mol. The molecule has 0 fully saturated rings. The first-order chi connectivity index (χ1) is 12.6. The van der Waals surface area contributed by atoms with E-state index in [1.165, 1.54) is 5.56 Å². The predicted octanol–water partition coefficient (Wildman–Crippen LogP) is 3.87. The zero-order valence-corrected chi connectivity index (χ0v) is 15.7. The number of carbonyl (C=O) groups excluding carboxylic acids is 1. The topological polar surface area (TPSA) is 56.8 Å². The maximum atomic E-state index is 12.0. The number of hydrogen-bond donors (Lipinski definition) is 1. The largest absolute Gasteiger partial charge is 0.489 e. The summed E-state index contributed by atoms with van der Waals surface area (Å²) in [4.78, 5) is 12.0. The van der Waals surface area contributed by atoms with E-state index in [4.69, 9.17) is 14.2 Å². The van der Waals surface area contributed by atoms with E-state index in [-0.39, 0.29) is 5.91 Å². The first kappa shape index (κ1) is 19.9. The van der Waals surface area contributed by atoms with E-state index in [2.05, 4.69) is 24.4 Å². The number of benzene rings is 2. The maximum Gasteiger partial charge on any atom is 0.226 e. The molecule has 0 saturated carbocycles. The summed E-state index contributed by atoms with van der Waals surface area (Å²) in [6.45, 7) is 5.94. The number of nitrogens with one attached hydrogen (secondary N) is 1. The minimum Gasteiger partial charge on any atom is -0.489 e. The fourth-order valence-electron chi connectivity index (χ4n) is 2.46. The molecule has 5 heteroatoms. The van der Waals surface area contributed by atoms with Crippen LogP contribution in [0.15, 0.2) is 42.5 Å². The van der Waals surface area contributed by atoms with Crippen LogP contribution in [0.4, 0.5) is 5.69 Å². The molecule has 0 aromatic heterocycles. The third-order valence-corrected chi connectivity index (χ3v) is 3.87. The lowest BCUT2D eigenvalue weighted by molar-refractivity contribution is -0.117. The average molecular weight is 357 g/mol. The van der Waals surface area contributed by atoms with Crippen LogP contribution in [0.5, 0.6) is 5.75 Å². The molecule has 1 amide bonds. The van der Waals surface area contributed by atoms with Crippen LogP contribution in [0.2, 0.25) is 0 Å². The van der Waals surface area contributed by atoms with E-state index in [0.717, 1.165) is 22.6 Å². The van der Waals surface area contributed by atoms with Crippen LogP contribution >= 0.6 is 0 Å². The number of aryl methyl sites for hydroxylation is 2. The van der Waals surface area contributed by atoms with Gasteiger partial charge in [0.05, 0.1) is 26.2 Å². The van der Waals surface area contributed by atoms with Crippen molar-refractivity contribution in [1.82, 2.24) is 0 Å². The Labute approximate surface area is 155 Å². The Bertz CT molecular complexity index is 715. The highest BCUT2D eigenvalue weighted by Gasteiger charge is 2.06. The summed E-state index contributed by atoms with van der Waals surface area (Å²) in [6, 6.07) is 13.9. The first-order valence-corrected chi connectivity index (χ1v) is 8.74. The molecule has 0 spiro atoms. The van der Waals surface area contributed by atoms with Crippen molar-refractivity contribution >= 4 is 11.6 Å². The van der Waals surface area contributed by atoms with E-state index in [1.54, 1.807) is 7.11 Å². The molecule has 2 rings (SSSR count). The molecular formula is C21H27NO4. The highest BCUT2D eigenvalue weighted by molar-refractivity contribution is 5.91. The van der Waals surface area contributed by atoms with Crippen LogP contribution in [-0.2, 0) is 20.9 Å². The van der Waals surface area contributed by atoms with Crippen molar-refractivity contribution in [3.05, 3.63) is 59.2 Å². The number of rotatable bonds is 10. The number of carbonyl (C=O) groups is 1. The smallest absolute Gasteiger partial charge is 0.226 e. The van der Waals surface area contributed by atoms with Crippen molar-refractivity contribution in [1.29, 1.82) is 0 Å². The Morgan fingerprint density at radius 1 is 1.04 bits per heavy atom. The normalized spacial score (nSPS) is 10.6. The fourth-order valence-corrected chi connectivity index (χ4v) is 2.46. The van der Waals surface area contributed by atoms with Crippen molar-refractivity contribution in [3.63, 3.8) is 0 Å². The second kappa shape index (κ2) is 10.6. The quantitative estimate of drug-likeness (QED) is 0.656. The Hall–Kier alpha value is -2.37. The van der Waals surface area contributed by atoms with Gasteiger partial charge in [-0.2, -0.15) is 0 Å². The summed E-state index contributed by atoms with van der Waals surface area (Å²) < 4.78 is 16.0. The minimum absolute atomic E-state index is 0.0704. The molecule has 0 atom stereocenters. The molecule has 5 nitrogen and oxygen atoms in total. The number of amides is 1. The summed E-state index contributed by atoms with van der Waals surface area (Å²) in [5, 5.41) is 2.90. The second-order valence-corrected chi connectivity index (χ2v) is 6.16. The molecule has 2 aromatic carbocycles. The lowest BCUT2D eigenvalue weighted by Gasteiger charge is -2.12. The van der Waals surface area contributed by atoms with Gasteiger partial charge in [0.15, 0.2) is 0 Å². The number of hydrogen-bond acceptors (Lipinski definition) is 4. The standard InChI is InChI=1S/C21H27NO4/c1-16-5-4-6-18(13-16)15-26-19-7-8-20(17(2)14-19)22-21(23)9-10-25-12-11-24-3/h4-8,13-14H,9-12,15H2,1-3H3,(H,22,23). The minimum atomic E-state index is -0.0704. The Balaban J connectivity index is 1.81. The Kier molecular flexibility index (Phi) is 8.12. The molecule has 0 aliphatic heterocycles.